The predicted octanol–water partition coefficient (Wildman–Crippen LogP) is 5.36. The normalized spacial score (nSPS) is 11.5. The number of methoxy groups -OCH3 is 1. The van der Waals surface area contributed by atoms with Crippen molar-refractivity contribution in [2.45, 2.75) is 39.2 Å². The number of nitrogens with zero attached hydrogens (tertiary/aromatic N) is 3. The molecule has 0 amide bonds. The SMILES string of the molecule is COC(=O)CCSC/C=C(\C)CCn1cc(CCc2cccc(-c3ccccc3)c2)nn1. The van der Waals surface area contributed by atoms with Gasteiger partial charge < -0.3 is 4.74 Å². The molecule has 0 saturated heterocycles. The molecule has 0 unspecified atom stereocenters. The number of aryl methyl sites for hydroxylation is 3. The summed E-state index contributed by atoms with van der Waals surface area (Å²) in [5, 5.41) is 8.63. The van der Waals surface area contributed by atoms with E-state index in [4.69, 9.17) is 0 Å². The first-order valence-corrected chi connectivity index (χ1v) is 12.1. The van der Waals surface area contributed by atoms with E-state index in [2.05, 4.69) is 82.8 Å². The van der Waals surface area contributed by atoms with Crippen molar-refractivity contribution in [2.75, 3.05) is 18.6 Å². The number of hydrogen-bond acceptors (Lipinski definition) is 5. The maximum Gasteiger partial charge on any atom is 0.306 e. The molecule has 1 heterocycles. The average molecular weight is 450 g/mol. The maximum atomic E-state index is 11.1. The molecular weight excluding hydrogens is 418 g/mol. The Labute approximate surface area is 194 Å². The average Bonchev–Trinajstić information content (AvgIpc) is 3.29. The predicted molar refractivity (Wildman–Crippen MR) is 132 cm³/mol. The Bertz CT molecular complexity index is 1010. The molecule has 0 saturated carbocycles. The highest BCUT2D eigenvalue weighted by Crippen LogP contribution is 2.20. The van der Waals surface area contributed by atoms with Crippen LogP contribution in [-0.4, -0.2) is 39.6 Å². The third-order valence-corrected chi connectivity index (χ3v) is 6.15. The first-order chi connectivity index (χ1) is 15.6. The van der Waals surface area contributed by atoms with Crippen molar-refractivity contribution in [3.05, 3.63) is 83.7 Å². The molecule has 0 aliphatic rings. The van der Waals surface area contributed by atoms with Crippen molar-refractivity contribution in [1.82, 2.24) is 15.0 Å². The van der Waals surface area contributed by atoms with Gasteiger partial charge in [0.1, 0.15) is 0 Å². The number of rotatable bonds is 12. The fraction of sp³-hybridized carbons (Fsp3) is 0.346. The molecule has 0 aliphatic heterocycles. The van der Waals surface area contributed by atoms with Crippen molar-refractivity contribution in [3.63, 3.8) is 0 Å². The summed E-state index contributed by atoms with van der Waals surface area (Å²) in [5.74, 6) is 1.55. The summed E-state index contributed by atoms with van der Waals surface area (Å²) in [7, 11) is 1.43. The van der Waals surface area contributed by atoms with Crippen LogP contribution < -0.4 is 0 Å². The van der Waals surface area contributed by atoms with Crippen LogP contribution in [0.4, 0.5) is 0 Å². The molecule has 0 radical (unpaired) electrons. The molecule has 5 nitrogen and oxygen atoms in total. The minimum Gasteiger partial charge on any atom is -0.469 e. The molecule has 0 atom stereocenters. The Kier molecular flexibility index (Phi) is 9.57. The van der Waals surface area contributed by atoms with Gasteiger partial charge >= 0.3 is 5.97 Å². The Morgan fingerprint density at radius 1 is 1.06 bits per heavy atom. The van der Waals surface area contributed by atoms with E-state index in [-0.39, 0.29) is 5.97 Å². The van der Waals surface area contributed by atoms with Gasteiger partial charge in [-0.25, -0.2) is 0 Å². The van der Waals surface area contributed by atoms with Gasteiger partial charge in [-0.05, 0) is 42.9 Å². The van der Waals surface area contributed by atoms with Crippen LogP contribution in [0.1, 0.15) is 31.0 Å². The molecule has 0 N–H and O–H groups in total. The lowest BCUT2D eigenvalue weighted by Gasteiger charge is -2.05. The lowest BCUT2D eigenvalue weighted by Crippen LogP contribution is -2.01. The highest BCUT2D eigenvalue weighted by atomic mass is 32.2. The van der Waals surface area contributed by atoms with Crippen LogP contribution in [0.2, 0.25) is 0 Å². The van der Waals surface area contributed by atoms with Crippen molar-refractivity contribution in [2.24, 2.45) is 0 Å². The topological polar surface area (TPSA) is 57.0 Å². The van der Waals surface area contributed by atoms with Crippen LogP contribution in [0.15, 0.2) is 72.4 Å². The fourth-order valence-corrected chi connectivity index (χ4v) is 4.19. The zero-order valence-corrected chi connectivity index (χ0v) is 19.7. The summed E-state index contributed by atoms with van der Waals surface area (Å²) < 4.78 is 6.58. The summed E-state index contributed by atoms with van der Waals surface area (Å²) in [6.07, 6.45) is 7.51. The molecule has 32 heavy (non-hydrogen) atoms. The van der Waals surface area contributed by atoms with Crippen molar-refractivity contribution < 1.29 is 9.53 Å². The summed E-state index contributed by atoms with van der Waals surface area (Å²) in [6, 6.07) is 19.2. The third-order valence-electron chi connectivity index (χ3n) is 5.25. The zero-order chi connectivity index (χ0) is 22.6. The second-order valence-electron chi connectivity index (χ2n) is 7.74. The lowest BCUT2D eigenvalue weighted by molar-refractivity contribution is -0.140. The minimum atomic E-state index is -0.149. The maximum absolute atomic E-state index is 11.1. The molecule has 6 heteroatoms. The number of aromatic nitrogens is 3. The molecule has 168 valence electrons. The van der Waals surface area contributed by atoms with Gasteiger partial charge in [0, 0.05) is 24.2 Å². The van der Waals surface area contributed by atoms with Crippen LogP contribution in [0, 0.1) is 0 Å². The second-order valence-corrected chi connectivity index (χ2v) is 8.89. The van der Waals surface area contributed by atoms with Gasteiger partial charge in [-0.3, -0.25) is 9.48 Å². The largest absolute Gasteiger partial charge is 0.469 e. The summed E-state index contributed by atoms with van der Waals surface area (Å²) in [6.45, 7) is 2.96. The number of esters is 1. The quantitative estimate of drug-likeness (QED) is 0.212. The van der Waals surface area contributed by atoms with Crippen molar-refractivity contribution in [3.8, 4) is 11.1 Å². The van der Waals surface area contributed by atoms with E-state index >= 15 is 0 Å². The van der Waals surface area contributed by atoms with Crippen LogP contribution >= 0.6 is 11.8 Å². The standard InChI is InChI=1S/C26H31N3O2S/c1-21(14-17-32-18-15-26(30)31-2)13-16-29-20-25(27-28-29)12-11-22-7-6-10-24(19-22)23-8-4-3-5-9-23/h3-10,14,19-20H,11-13,15-18H2,1-2H3/b21-14+. The van der Waals surface area contributed by atoms with E-state index in [1.54, 1.807) is 11.8 Å². The smallest absolute Gasteiger partial charge is 0.306 e. The molecule has 3 rings (SSSR count). The Morgan fingerprint density at radius 2 is 1.88 bits per heavy atom. The van der Waals surface area contributed by atoms with Gasteiger partial charge in [-0.2, -0.15) is 11.8 Å². The van der Waals surface area contributed by atoms with E-state index < -0.39 is 0 Å². The van der Waals surface area contributed by atoms with Crippen LogP contribution in [0.3, 0.4) is 0 Å². The van der Waals surface area contributed by atoms with E-state index in [9.17, 15) is 4.79 Å². The number of hydrogen-bond donors (Lipinski definition) is 0. The van der Waals surface area contributed by atoms with E-state index in [0.29, 0.717) is 6.42 Å². The van der Waals surface area contributed by atoms with Crippen molar-refractivity contribution >= 4 is 17.7 Å². The molecule has 2 aromatic carbocycles. The highest BCUT2D eigenvalue weighted by Gasteiger charge is 2.04. The summed E-state index contributed by atoms with van der Waals surface area (Å²) >= 11 is 1.74. The van der Waals surface area contributed by atoms with Gasteiger partial charge in [0.25, 0.3) is 0 Å². The van der Waals surface area contributed by atoms with Crippen LogP contribution in [0.5, 0.6) is 0 Å². The number of thioether (sulfide) groups is 1. The lowest BCUT2D eigenvalue weighted by atomic mass is 10.0. The summed E-state index contributed by atoms with van der Waals surface area (Å²) in [4.78, 5) is 11.1. The van der Waals surface area contributed by atoms with Crippen LogP contribution in [0.25, 0.3) is 11.1 Å². The first kappa shape index (κ1) is 23.8. The van der Waals surface area contributed by atoms with E-state index in [1.165, 1.54) is 29.4 Å². The second kappa shape index (κ2) is 12.9. The number of carbonyl (C=O) groups is 1. The number of allylic oxidation sites excluding steroid dienone is 1. The molecule has 0 bridgehead atoms. The van der Waals surface area contributed by atoms with E-state index in [1.807, 2.05) is 10.7 Å². The third kappa shape index (κ3) is 8.00. The van der Waals surface area contributed by atoms with Gasteiger partial charge in [-0.1, -0.05) is 71.5 Å². The molecule has 3 aromatic rings. The van der Waals surface area contributed by atoms with Gasteiger partial charge in [0.15, 0.2) is 0 Å². The number of carbonyl (C=O) groups excluding carboxylic acids is 1. The fourth-order valence-electron chi connectivity index (χ4n) is 3.31. The monoisotopic (exact) mass is 449 g/mol. The Morgan fingerprint density at radius 3 is 2.69 bits per heavy atom. The molecule has 0 aliphatic carbocycles. The summed E-state index contributed by atoms with van der Waals surface area (Å²) in [5.41, 5.74) is 6.15. The van der Waals surface area contributed by atoms with Gasteiger partial charge in [0.2, 0.25) is 0 Å². The number of ether oxygens (including phenoxy) is 1. The highest BCUT2D eigenvalue weighted by molar-refractivity contribution is 7.99. The number of benzene rings is 2. The Hall–Kier alpha value is -2.86. The van der Waals surface area contributed by atoms with Gasteiger partial charge in [0.05, 0.1) is 19.2 Å². The molecule has 0 spiro atoms. The first-order valence-electron chi connectivity index (χ1n) is 11.0. The zero-order valence-electron chi connectivity index (χ0n) is 18.9. The van der Waals surface area contributed by atoms with Crippen molar-refractivity contribution in [1.29, 1.82) is 0 Å². The van der Waals surface area contributed by atoms with E-state index in [0.717, 1.165) is 43.0 Å². The molecule has 0 fully saturated rings. The van der Waals surface area contributed by atoms with Crippen LogP contribution in [-0.2, 0) is 28.9 Å². The Balaban J connectivity index is 1.41. The van der Waals surface area contributed by atoms with Gasteiger partial charge in [-0.15, -0.1) is 5.10 Å². The minimum absolute atomic E-state index is 0.149. The molecular formula is C26H31N3O2S. The molecule has 1 aromatic heterocycles.